The fraction of sp³-hybridized carbons (Fsp3) is 0.500. The highest BCUT2D eigenvalue weighted by Gasteiger charge is 2.27. The van der Waals surface area contributed by atoms with Gasteiger partial charge >= 0.3 is 0 Å². The molecule has 1 aliphatic rings. The van der Waals surface area contributed by atoms with Crippen LogP contribution in [0.25, 0.3) is 0 Å². The van der Waals surface area contributed by atoms with Crippen molar-refractivity contribution in [3.63, 3.8) is 0 Å². The molecule has 1 aromatic rings. The lowest BCUT2D eigenvalue weighted by molar-refractivity contribution is 0.346. The van der Waals surface area contributed by atoms with E-state index in [1.807, 2.05) is 0 Å². The van der Waals surface area contributed by atoms with Crippen LogP contribution in [-0.2, 0) is 10.0 Å². The van der Waals surface area contributed by atoms with Gasteiger partial charge in [0.15, 0.2) is 0 Å². The van der Waals surface area contributed by atoms with E-state index >= 15 is 0 Å². The molecule has 0 amide bonds. The normalized spacial score (nSPS) is 17.9. The number of anilines is 1. The first kappa shape index (κ1) is 13.8. The molecule has 0 aromatic heterocycles. The molecule has 4 nitrogen and oxygen atoms in total. The molecule has 2 rings (SSSR count). The Morgan fingerprint density at radius 1 is 1.22 bits per heavy atom. The van der Waals surface area contributed by atoms with Crippen LogP contribution < -0.4 is 5.73 Å². The monoisotopic (exact) mass is 332 g/mol. The molecule has 18 heavy (non-hydrogen) atoms. The molecule has 1 saturated heterocycles. The third-order valence-electron chi connectivity index (χ3n) is 3.23. The molecule has 0 atom stereocenters. The molecule has 1 fully saturated rings. The first-order valence-corrected chi connectivity index (χ1v) is 8.22. The van der Waals surface area contributed by atoms with Gasteiger partial charge in [0.1, 0.15) is 0 Å². The van der Waals surface area contributed by atoms with Crippen LogP contribution in [0.5, 0.6) is 0 Å². The number of benzene rings is 1. The van der Waals surface area contributed by atoms with E-state index in [1.165, 1.54) is 0 Å². The van der Waals surface area contributed by atoms with Crippen LogP contribution in [0.3, 0.4) is 0 Å². The highest BCUT2D eigenvalue weighted by molar-refractivity contribution is 9.10. The zero-order valence-electron chi connectivity index (χ0n) is 10.3. The van der Waals surface area contributed by atoms with E-state index in [2.05, 4.69) is 15.9 Å². The molecule has 6 heteroatoms. The third-order valence-corrected chi connectivity index (χ3v) is 5.95. The molecule has 0 unspecified atom stereocenters. The summed E-state index contributed by atoms with van der Waals surface area (Å²) in [6, 6.07) is 3.30. The van der Waals surface area contributed by atoms with Crippen molar-refractivity contribution in [2.75, 3.05) is 18.8 Å². The minimum Gasteiger partial charge on any atom is -0.398 e. The summed E-state index contributed by atoms with van der Waals surface area (Å²) in [4.78, 5) is 0.324. The fourth-order valence-corrected chi connectivity index (χ4v) is 4.41. The van der Waals surface area contributed by atoms with E-state index in [-0.39, 0.29) is 0 Å². The van der Waals surface area contributed by atoms with Crippen molar-refractivity contribution in [1.82, 2.24) is 4.31 Å². The molecular weight excluding hydrogens is 316 g/mol. The number of nitrogen functional groups attached to an aromatic ring is 1. The van der Waals surface area contributed by atoms with Gasteiger partial charge in [0.05, 0.1) is 4.90 Å². The molecular formula is C12H17BrN2O2S. The molecule has 0 spiro atoms. The van der Waals surface area contributed by atoms with Crippen LogP contribution in [0.1, 0.15) is 24.8 Å². The van der Waals surface area contributed by atoms with Gasteiger partial charge in [-0.15, -0.1) is 0 Å². The Labute approximate surface area is 116 Å². The Bertz CT molecular complexity index is 551. The number of halogens is 1. The first-order valence-electron chi connectivity index (χ1n) is 5.98. The summed E-state index contributed by atoms with van der Waals surface area (Å²) in [6.45, 7) is 3.01. The van der Waals surface area contributed by atoms with Gasteiger partial charge in [0, 0.05) is 23.2 Å². The smallest absolute Gasteiger partial charge is 0.243 e. The zero-order valence-corrected chi connectivity index (χ0v) is 12.7. The molecule has 0 bridgehead atoms. The van der Waals surface area contributed by atoms with Gasteiger partial charge < -0.3 is 5.73 Å². The van der Waals surface area contributed by atoms with Gasteiger partial charge in [0.2, 0.25) is 10.0 Å². The molecule has 0 radical (unpaired) electrons. The van der Waals surface area contributed by atoms with Crippen molar-refractivity contribution in [3.8, 4) is 0 Å². The van der Waals surface area contributed by atoms with Crippen LogP contribution in [-0.4, -0.2) is 25.8 Å². The Morgan fingerprint density at radius 2 is 1.83 bits per heavy atom. The number of hydrogen-bond acceptors (Lipinski definition) is 3. The lowest BCUT2D eigenvalue weighted by Crippen LogP contribution is -2.36. The zero-order chi connectivity index (χ0) is 13.3. The summed E-state index contributed by atoms with van der Waals surface area (Å²) in [5.41, 5.74) is 6.96. The van der Waals surface area contributed by atoms with E-state index < -0.39 is 10.0 Å². The summed E-state index contributed by atoms with van der Waals surface area (Å²) >= 11 is 3.31. The van der Waals surface area contributed by atoms with Crippen LogP contribution in [0.2, 0.25) is 0 Å². The average Bonchev–Trinajstić information content (AvgIpc) is 2.34. The number of piperidine rings is 1. The van der Waals surface area contributed by atoms with Crippen molar-refractivity contribution in [1.29, 1.82) is 0 Å². The number of nitrogens with zero attached hydrogens (tertiary/aromatic N) is 1. The van der Waals surface area contributed by atoms with Gasteiger partial charge in [-0.05, 0) is 53.4 Å². The maximum absolute atomic E-state index is 12.5. The fourth-order valence-electron chi connectivity index (χ4n) is 2.19. The highest BCUT2D eigenvalue weighted by atomic mass is 79.9. The Hall–Kier alpha value is -0.590. The van der Waals surface area contributed by atoms with Crippen LogP contribution >= 0.6 is 15.9 Å². The maximum Gasteiger partial charge on any atom is 0.243 e. The molecule has 2 N–H and O–H groups in total. The summed E-state index contributed by atoms with van der Waals surface area (Å²) in [5, 5.41) is 0. The molecule has 0 aliphatic carbocycles. The van der Waals surface area contributed by atoms with E-state index in [0.717, 1.165) is 29.3 Å². The molecule has 100 valence electrons. The summed E-state index contributed by atoms with van der Waals surface area (Å²) < 4.78 is 27.3. The summed E-state index contributed by atoms with van der Waals surface area (Å²) in [5.74, 6) is 0. The Kier molecular flexibility index (Phi) is 3.99. The van der Waals surface area contributed by atoms with Crippen LogP contribution in [0, 0.1) is 6.92 Å². The lowest BCUT2D eigenvalue weighted by Gasteiger charge is -2.26. The second-order valence-corrected chi connectivity index (χ2v) is 7.36. The van der Waals surface area contributed by atoms with Gasteiger partial charge in [-0.1, -0.05) is 6.42 Å². The van der Waals surface area contributed by atoms with Gasteiger partial charge in [-0.25, -0.2) is 8.42 Å². The van der Waals surface area contributed by atoms with Crippen molar-refractivity contribution in [2.45, 2.75) is 31.1 Å². The Morgan fingerprint density at radius 3 is 2.44 bits per heavy atom. The molecule has 1 heterocycles. The third kappa shape index (κ3) is 2.55. The van der Waals surface area contributed by atoms with Crippen LogP contribution in [0.4, 0.5) is 5.69 Å². The second-order valence-electron chi connectivity index (χ2n) is 4.60. The van der Waals surface area contributed by atoms with E-state index in [1.54, 1.807) is 23.4 Å². The van der Waals surface area contributed by atoms with Gasteiger partial charge in [0.25, 0.3) is 0 Å². The number of hydrogen-bond donors (Lipinski definition) is 1. The molecule has 0 saturated carbocycles. The number of aryl methyl sites for hydroxylation is 1. The summed E-state index contributed by atoms with van der Waals surface area (Å²) in [7, 11) is -3.40. The number of nitrogens with two attached hydrogens (primary N) is 1. The predicted octanol–water partition coefficient (Wildman–Crippen LogP) is 2.51. The van der Waals surface area contributed by atoms with Crippen LogP contribution in [0.15, 0.2) is 21.5 Å². The second kappa shape index (κ2) is 5.19. The number of sulfonamides is 1. The minimum absolute atomic E-state index is 0.324. The lowest BCUT2D eigenvalue weighted by atomic mass is 10.2. The van der Waals surface area contributed by atoms with E-state index in [4.69, 9.17) is 5.73 Å². The first-order chi connectivity index (χ1) is 8.43. The SMILES string of the molecule is Cc1cc(Br)c(N)cc1S(=O)(=O)N1CCCCC1. The minimum atomic E-state index is -3.40. The average molecular weight is 333 g/mol. The predicted molar refractivity (Wildman–Crippen MR) is 75.9 cm³/mol. The van der Waals surface area contributed by atoms with E-state index in [0.29, 0.717) is 23.7 Å². The van der Waals surface area contributed by atoms with Gasteiger partial charge in [-0.2, -0.15) is 4.31 Å². The van der Waals surface area contributed by atoms with Gasteiger partial charge in [-0.3, -0.25) is 0 Å². The summed E-state index contributed by atoms with van der Waals surface area (Å²) in [6.07, 6.45) is 2.97. The molecule has 1 aliphatic heterocycles. The quantitative estimate of drug-likeness (QED) is 0.846. The van der Waals surface area contributed by atoms with Crippen molar-refractivity contribution < 1.29 is 8.42 Å². The van der Waals surface area contributed by atoms with Crippen molar-refractivity contribution in [3.05, 3.63) is 22.2 Å². The molecule has 1 aromatic carbocycles. The maximum atomic E-state index is 12.5. The Balaban J connectivity index is 2.43. The highest BCUT2D eigenvalue weighted by Crippen LogP contribution is 2.29. The topological polar surface area (TPSA) is 63.4 Å². The standard InChI is InChI=1S/C12H17BrN2O2S/c1-9-7-10(13)11(14)8-12(9)18(16,17)15-5-3-2-4-6-15/h7-8H,2-6,14H2,1H3. The van der Waals surface area contributed by atoms with E-state index in [9.17, 15) is 8.42 Å². The largest absolute Gasteiger partial charge is 0.398 e. The number of rotatable bonds is 2. The van der Waals surface area contributed by atoms with Crippen molar-refractivity contribution >= 4 is 31.6 Å². The van der Waals surface area contributed by atoms with Crippen molar-refractivity contribution in [2.24, 2.45) is 0 Å².